The minimum atomic E-state index is -0.961. The Labute approximate surface area is 296 Å². The van der Waals surface area contributed by atoms with Crippen molar-refractivity contribution < 1.29 is 24.5 Å². The summed E-state index contributed by atoms with van der Waals surface area (Å²) in [5, 5.41) is 27.9. The van der Waals surface area contributed by atoms with Gasteiger partial charge in [0, 0.05) is 55.3 Å². The molecule has 1 saturated heterocycles. The molecule has 1 aliphatic heterocycles. The number of hydrogen-bond acceptors (Lipinski definition) is 8. The van der Waals surface area contributed by atoms with Crippen LogP contribution in [0.1, 0.15) is 37.9 Å². The number of para-hydroxylation sites is 2. The third kappa shape index (κ3) is 8.82. The van der Waals surface area contributed by atoms with Crippen molar-refractivity contribution in [2.24, 2.45) is 0 Å². The van der Waals surface area contributed by atoms with E-state index in [4.69, 9.17) is 4.74 Å². The largest absolute Gasteiger partial charge is 0.506 e. The highest BCUT2D eigenvalue weighted by Crippen LogP contribution is 2.31. The number of aromatic amines is 1. The van der Waals surface area contributed by atoms with Crippen molar-refractivity contribution in [3.63, 3.8) is 0 Å². The van der Waals surface area contributed by atoms with Gasteiger partial charge >= 0.3 is 6.09 Å². The molecular formula is C40H43N5O6. The molecule has 0 aliphatic carbocycles. The Morgan fingerprint density at radius 2 is 1.61 bits per heavy atom. The van der Waals surface area contributed by atoms with Crippen molar-refractivity contribution in [3.05, 3.63) is 125 Å². The molecule has 1 aromatic heterocycles. The minimum absolute atomic E-state index is 0.0723. The lowest BCUT2D eigenvalue weighted by Crippen LogP contribution is -2.47. The number of benzene rings is 4. The van der Waals surface area contributed by atoms with Gasteiger partial charge in [-0.3, -0.25) is 25.1 Å². The highest BCUT2D eigenvalue weighted by molar-refractivity contribution is 5.93. The highest BCUT2D eigenvalue weighted by atomic mass is 16.6. The molecule has 264 valence electrons. The zero-order chi connectivity index (χ0) is 35.8. The van der Waals surface area contributed by atoms with Crippen LogP contribution in [0.4, 0.5) is 16.2 Å². The lowest BCUT2D eigenvalue weighted by atomic mass is 9.93. The molecular weight excluding hydrogens is 646 g/mol. The number of hydrogen-bond donors (Lipinski definition) is 5. The molecule has 1 unspecified atom stereocenters. The van der Waals surface area contributed by atoms with Gasteiger partial charge in [-0.05, 0) is 61.2 Å². The van der Waals surface area contributed by atoms with E-state index in [0.717, 1.165) is 16.8 Å². The summed E-state index contributed by atoms with van der Waals surface area (Å²) in [7, 11) is 0. The third-order valence-corrected chi connectivity index (χ3v) is 9.39. The van der Waals surface area contributed by atoms with E-state index in [0.29, 0.717) is 49.1 Å². The van der Waals surface area contributed by atoms with Crippen molar-refractivity contribution in [1.82, 2.24) is 15.2 Å². The van der Waals surface area contributed by atoms with Crippen molar-refractivity contribution in [2.45, 2.75) is 37.9 Å². The standard InChI is InChI=1S/C40H43N5O6/c1-40(51-39(50)42-33-15-9-8-14-30(33)28-10-4-2-5-11-28)21-24-44(25-22-40)23-20-37(49)45(29-12-6-3-7-13-29)27-41-26-35(47)31-16-18-34(46)38-32(31)17-19-36(48)43-38/h2-19,35,41,46-47H,20-27H2,1H3,(H,42,50)(H,43,48). The monoisotopic (exact) mass is 689 g/mol. The van der Waals surface area contributed by atoms with Crippen LogP contribution in [0.5, 0.6) is 5.75 Å². The van der Waals surface area contributed by atoms with E-state index in [-0.39, 0.29) is 42.4 Å². The number of phenols is 1. The summed E-state index contributed by atoms with van der Waals surface area (Å²) in [6, 6.07) is 32.9. The van der Waals surface area contributed by atoms with Gasteiger partial charge in [0.15, 0.2) is 0 Å². The predicted molar refractivity (Wildman–Crippen MR) is 199 cm³/mol. The molecule has 1 aliphatic rings. The second kappa shape index (κ2) is 16.0. The topological polar surface area (TPSA) is 147 Å². The van der Waals surface area contributed by atoms with Gasteiger partial charge in [0.1, 0.15) is 11.4 Å². The zero-order valence-corrected chi connectivity index (χ0v) is 28.5. The summed E-state index contributed by atoms with van der Waals surface area (Å²) in [6.45, 7) is 4.16. The first-order valence-corrected chi connectivity index (χ1v) is 17.1. The predicted octanol–water partition coefficient (Wildman–Crippen LogP) is 6.01. The first-order chi connectivity index (χ1) is 24.7. The van der Waals surface area contributed by atoms with Gasteiger partial charge in [-0.2, -0.15) is 0 Å². The number of likely N-dealkylation sites (tertiary alicyclic amines) is 1. The fourth-order valence-corrected chi connectivity index (χ4v) is 6.47. The van der Waals surface area contributed by atoms with Crippen LogP contribution in [0.25, 0.3) is 22.0 Å². The molecule has 11 nitrogen and oxygen atoms in total. The summed E-state index contributed by atoms with van der Waals surface area (Å²) < 4.78 is 5.97. The molecule has 1 fully saturated rings. The number of phenolic OH excluding ortho intramolecular Hbond substituents is 1. The summed E-state index contributed by atoms with van der Waals surface area (Å²) in [6.07, 6.45) is 0.0999. The Morgan fingerprint density at radius 3 is 2.35 bits per heavy atom. The number of anilines is 2. The lowest BCUT2D eigenvalue weighted by molar-refractivity contribution is -0.119. The van der Waals surface area contributed by atoms with Crippen LogP contribution in [0.15, 0.2) is 114 Å². The molecule has 2 amide bonds. The van der Waals surface area contributed by atoms with Gasteiger partial charge < -0.3 is 24.8 Å². The number of carbonyl (C=O) groups is 2. The average molecular weight is 690 g/mol. The summed E-state index contributed by atoms with van der Waals surface area (Å²) in [5.41, 5.74) is 3.16. The van der Waals surface area contributed by atoms with Gasteiger partial charge in [0.25, 0.3) is 0 Å². The number of aliphatic hydroxyl groups is 1. The lowest BCUT2D eigenvalue weighted by Gasteiger charge is -2.39. The maximum Gasteiger partial charge on any atom is 0.412 e. The van der Waals surface area contributed by atoms with E-state index in [2.05, 4.69) is 20.5 Å². The van der Waals surface area contributed by atoms with Gasteiger partial charge in [-0.15, -0.1) is 0 Å². The molecule has 0 spiro atoms. The summed E-state index contributed by atoms with van der Waals surface area (Å²) in [4.78, 5) is 44.9. The molecule has 2 heterocycles. The number of fused-ring (bicyclic) bond motifs is 1. The van der Waals surface area contributed by atoms with Crippen LogP contribution in [0.3, 0.4) is 0 Å². The number of carbonyl (C=O) groups excluding carboxylic acids is 2. The number of H-pyrrole nitrogens is 1. The Kier molecular flexibility index (Phi) is 11.1. The van der Waals surface area contributed by atoms with E-state index < -0.39 is 17.8 Å². The second-order valence-corrected chi connectivity index (χ2v) is 13.0. The van der Waals surface area contributed by atoms with E-state index in [1.807, 2.05) is 91.9 Å². The quantitative estimate of drug-likeness (QED) is 0.100. The van der Waals surface area contributed by atoms with Gasteiger partial charge in [-0.25, -0.2) is 4.79 Å². The first kappa shape index (κ1) is 35.3. The van der Waals surface area contributed by atoms with E-state index >= 15 is 0 Å². The van der Waals surface area contributed by atoms with Crippen LogP contribution < -0.4 is 21.1 Å². The number of ether oxygens (including phenoxy) is 1. The maximum absolute atomic E-state index is 13.6. The smallest absolute Gasteiger partial charge is 0.412 e. The van der Waals surface area contributed by atoms with Crippen LogP contribution >= 0.6 is 0 Å². The molecule has 6 rings (SSSR count). The number of aromatic nitrogens is 1. The van der Waals surface area contributed by atoms with E-state index in [1.54, 1.807) is 17.0 Å². The van der Waals surface area contributed by atoms with Crippen molar-refractivity contribution >= 4 is 34.3 Å². The maximum atomic E-state index is 13.6. The van der Waals surface area contributed by atoms with Crippen molar-refractivity contribution in [3.8, 4) is 16.9 Å². The molecule has 11 heteroatoms. The molecule has 51 heavy (non-hydrogen) atoms. The van der Waals surface area contributed by atoms with Crippen molar-refractivity contribution in [2.75, 3.05) is 43.1 Å². The van der Waals surface area contributed by atoms with Gasteiger partial charge in [0.05, 0.1) is 24.0 Å². The molecule has 4 aromatic carbocycles. The first-order valence-electron chi connectivity index (χ1n) is 17.1. The Balaban J connectivity index is 1.01. The zero-order valence-electron chi connectivity index (χ0n) is 28.5. The van der Waals surface area contributed by atoms with Gasteiger partial charge in [-0.1, -0.05) is 72.8 Å². The molecule has 0 bridgehead atoms. The number of piperidine rings is 1. The highest BCUT2D eigenvalue weighted by Gasteiger charge is 2.34. The van der Waals surface area contributed by atoms with Crippen LogP contribution in [0.2, 0.25) is 0 Å². The molecule has 0 saturated carbocycles. The number of nitrogens with zero attached hydrogens (tertiary/aromatic N) is 2. The Morgan fingerprint density at radius 1 is 0.922 bits per heavy atom. The third-order valence-electron chi connectivity index (χ3n) is 9.39. The van der Waals surface area contributed by atoms with Crippen LogP contribution in [0, 0.1) is 0 Å². The summed E-state index contributed by atoms with van der Waals surface area (Å²) >= 11 is 0. The number of nitrogens with one attached hydrogen (secondary N) is 3. The van der Waals surface area contributed by atoms with Crippen LogP contribution in [-0.2, 0) is 9.53 Å². The van der Waals surface area contributed by atoms with Crippen LogP contribution in [-0.4, -0.2) is 70.5 Å². The average Bonchev–Trinajstić information content (AvgIpc) is 3.14. The van der Waals surface area contributed by atoms with E-state index in [9.17, 15) is 24.6 Å². The number of rotatable bonds is 12. The normalized spacial score (nSPS) is 14.9. The molecule has 0 radical (unpaired) electrons. The number of amides is 2. The second-order valence-electron chi connectivity index (χ2n) is 13.0. The van der Waals surface area contributed by atoms with Gasteiger partial charge in [0.2, 0.25) is 11.5 Å². The molecule has 1 atom stereocenters. The van der Waals surface area contributed by atoms with E-state index in [1.165, 1.54) is 12.1 Å². The summed E-state index contributed by atoms with van der Waals surface area (Å²) in [5.74, 6) is -0.151. The SMILES string of the molecule is CC1(OC(=O)Nc2ccccc2-c2ccccc2)CCN(CCC(=O)N(CNCC(O)c2ccc(O)c3[nH]c(=O)ccc23)c2ccccc2)CC1. The number of pyridine rings is 1. The Bertz CT molecular complexity index is 2010. The Hall–Kier alpha value is -5.49. The fourth-order valence-electron chi connectivity index (χ4n) is 6.47. The molecule has 5 aromatic rings. The fraction of sp³-hybridized carbons (Fsp3) is 0.275. The minimum Gasteiger partial charge on any atom is -0.506 e. The van der Waals surface area contributed by atoms with Crippen molar-refractivity contribution in [1.29, 1.82) is 0 Å². The molecule has 5 N–H and O–H groups in total. The number of aromatic hydroxyl groups is 1. The number of aliphatic hydroxyl groups excluding tert-OH is 1.